The largest absolute Gasteiger partial charge is 0.325 e. The summed E-state index contributed by atoms with van der Waals surface area (Å²) in [5, 5.41) is 7.12. The summed E-state index contributed by atoms with van der Waals surface area (Å²) < 4.78 is 0. The molecule has 2 fully saturated rings. The van der Waals surface area contributed by atoms with Crippen LogP contribution < -0.4 is 10.6 Å². The highest BCUT2D eigenvalue weighted by atomic mass is 32.2. The molecule has 1 heterocycles. The first-order chi connectivity index (χ1) is 10.3. The van der Waals surface area contributed by atoms with E-state index >= 15 is 0 Å². The number of carbonyl (C=O) groups is 1. The van der Waals surface area contributed by atoms with E-state index in [9.17, 15) is 4.79 Å². The molecular weight excluding hydrogens is 280 g/mol. The third-order valence-corrected chi connectivity index (χ3v) is 5.80. The van der Waals surface area contributed by atoms with Crippen molar-refractivity contribution in [2.75, 3.05) is 11.9 Å². The number of anilines is 1. The van der Waals surface area contributed by atoms with Crippen LogP contribution in [0.5, 0.6) is 0 Å². The summed E-state index contributed by atoms with van der Waals surface area (Å²) in [5.74, 6) is 1.16. The summed E-state index contributed by atoms with van der Waals surface area (Å²) >= 11 is 2.06. The monoisotopic (exact) mass is 304 g/mol. The van der Waals surface area contributed by atoms with E-state index in [4.69, 9.17) is 0 Å². The summed E-state index contributed by atoms with van der Waals surface area (Å²) in [4.78, 5) is 12.1. The van der Waals surface area contributed by atoms with Gasteiger partial charge in [0.15, 0.2) is 0 Å². The molecule has 21 heavy (non-hydrogen) atoms. The van der Waals surface area contributed by atoms with Crippen LogP contribution in [0.2, 0.25) is 0 Å². The molecule has 1 atom stereocenters. The molecule has 0 radical (unpaired) electrons. The lowest BCUT2D eigenvalue weighted by Gasteiger charge is -2.13. The molecule has 3 nitrogen and oxygen atoms in total. The average molecular weight is 304 g/mol. The van der Waals surface area contributed by atoms with Crippen LogP contribution in [0.3, 0.4) is 0 Å². The zero-order valence-electron chi connectivity index (χ0n) is 12.4. The molecule has 0 bridgehead atoms. The smallest absolute Gasteiger partial charge is 0.241 e. The number of hydrogen-bond acceptors (Lipinski definition) is 3. The Hall–Kier alpha value is -1.00. The van der Waals surface area contributed by atoms with Gasteiger partial charge in [0, 0.05) is 16.7 Å². The highest BCUT2D eigenvalue weighted by Crippen LogP contribution is 2.31. The Kier molecular flexibility index (Phi) is 5.20. The van der Waals surface area contributed by atoms with Crippen LogP contribution in [-0.2, 0) is 10.5 Å². The van der Waals surface area contributed by atoms with Crippen molar-refractivity contribution in [1.82, 2.24) is 5.32 Å². The number of carbonyl (C=O) groups excluding carboxylic acids is 1. The molecule has 1 saturated carbocycles. The SMILES string of the molecule is O=C(Nc1cccc(CSC2CCCC2)c1)C1CCCN1. The predicted molar refractivity (Wildman–Crippen MR) is 89.6 cm³/mol. The van der Waals surface area contributed by atoms with Gasteiger partial charge in [-0.2, -0.15) is 11.8 Å². The number of thioether (sulfide) groups is 1. The van der Waals surface area contributed by atoms with Crippen LogP contribution in [-0.4, -0.2) is 23.7 Å². The first-order valence-electron chi connectivity index (χ1n) is 8.06. The van der Waals surface area contributed by atoms with Crippen molar-refractivity contribution < 1.29 is 4.79 Å². The lowest BCUT2D eigenvalue weighted by Crippen LogP contribution is -2.35. The normalized spacial score (nSPS) is 22.6. The number of hydrogen-bond donors (Lipinski definition) is 2. The maximum absolute atomic E-state index is 12.1. The fourth-order valence-corrected chi connectivity index (χ4v) is 4.42. The average Bonchev–Trinajstić information content (AvgIpc) is 3.19. The number of benzene rings is 1. The van der Waals surface area contributed by atoms with Gasteiger partial charge in [-0.1, -0.05) is 25.0 Å². The molecular formula is C17H24N2OS. The van der Waals surface area contributed by atoms with Gasteiger partial charge in [0.25, 0.3) is 0 Å². The van der Waals surface area contributed by atoms with Gasteiger partial charge < -0.3 is 10.6 Å². The summed E-state index contributed by atoms with van der Waals surface area (Å²) in [5.41, 5.74) is 2.24. The Bertz CT molecular complexity index is 479. The van der Waals surface area contributed by atoms with Gasteiger partial charge in [-0.05, 0) is 49.9 Å². The third-order valence-electron chi connectivity index (χ3n) is 4.36. The van der Waals surface area contributed by atoms with Crippen LogP contribution in [0.15, 0.2) is 24.3 Å². The minimum Gasteiger partial charge on any atom is -0.325 e. The van der Waals surface area contributed by atoms with Gasteiger partial charge in [0.05, 0.1) is 6.04 Å². The lowest BCUT2D eigenvalue weighted by atomic mass is 10.2. The molecule has 0 aromatic heterocycles. The molecule has 4 heteroatoms. The third kappa shape index (κ3) is 4.24. The molecule has 3 rings (SSSR count). The van der Waals surface area contributed by atoms with E-state index < -0.39 is 0 Å². The molecule has 1 aromatic carbocycles. The van der Waals surface area contributed by atoms with Crippen LogP contribution in [0, 0.1) is 0 Å². The van der Waals surface area contributed by atoms with Crippen molar-refractivity contribution in [3.63, 3.8) is 0 Å². The Labute approximate surface area is 131 Å². The highest BCUT2D eigenvalue weighted by Gasteiger charge is 2.22. The van der Waals surface area contributed by atoms with Crippen molar-refractivity contribution in [2.45, 2.75) is 55.6 Å². The molecule has 114 valence electrons. The van der Waals surface area contributed by atoms with Gasteiger partial charge in [-0.15, -0.1) is 0 Å². The van der Waals surface area contributed by atoms with Gasteiger partial charge in [-0.3, -0.25) is 4.79 Å². The zero-order chi connectivity index (χ0) is 14.5. The number of nitrogens with one attached hydrogen (secondary N) is 2. The van der Waals surface area contributed by atoms with Gasteiger partial charge in [0.2, 0.25) is 5.91 Å². The lowest BCUT2D eigenvalue weighted by molar-refractivity contribution is -0.117. The topological polar surface area (TPSA) is 41.1 Å². The summed E-state index contributed by atoms with van der Waals surface area (Å²) in [6.07, 6.45) is 7.56. The molecule has 1 amide bonds. The van der Waals surface area contributed by atoms with Crippen molar-refractivity contribution >= 4 is 23.4 Å². The second-order valence-corrected chi connectivity index (χ2v) is 7.34. The van der Waals surface area contributed by atoms with Gasteiger partial charge >= 0.3 is 0 Å². The Balaban J connectivity index is 1.53. The maximum atomic E-state index is 12.1. The second kappa shape index (κ2) is 7.32. The Morgan fingerprint density at radius 3 is 2.86 bits per heavy atom. The Morgan fingerprint density at radius 2 is 2.10 bits per heavy atom. The van der Waals surface area contributed by atoms with E-state index in [2.05, 4.69) is 34.5 Å². The fraction of sp³-hybridized carbons (Fsp3) is 0.588. The number of rotatable bonds is 5. The van der Waals surface area contributed by atoms with E-state index in [1.165, 1.54) is 31.2 Å². The quantitative estimate of drug-likeness (QED) is 0.874. The van der Waals surface area contributed by atoms with E-state index in [0.29, 0.717) is 0 Å². The van der Waals surface area contributed by atoms with Crippen molar-refractivity contribution in [1.29, 1.82) is 0 Å². The van der Waals surface area contributed by atoms with Crippen LogP contribution >= 0.6 is 11.8 Å². The van der Waals surface area contributed by atoms with E-state index in [1.54, 1.807) is 0 Å². The van der Waals surface area contributed by atoms with Crippen molar-refractivity contribution in [3.05, 3.63) is 29.8 Å². The summed E-state index contributed by atoms with van der Waals surface area (Å²) in [7, 11) is 0. The molecule has 1 aliphatic heterocycles. The van der Waals surface area contributed by atoms with E-state index in [0.717, 1.165) is 36.1 Å². The van der Waals surface area contributed by atoms with Gasteiger partial charge in [0.1, 0.15) is 0 Å². The molecule has 1 unspecified atom stereocenters. The van der Waals surface area contributed by atoms with Crippen LogP contribution in [0.4, 0.5) is 5.69 Å². The van der Waals surface area contributed by atoms with Crippen molar-refractivity contribution in [3.8, 4) is 0 Å². The van der Waals surface area contributed by atoms with E-state index in [-0.39, 0.29) is 11.9 Å². The molecule has 1 aromatic rings. The Morgan fingerprint density at radius 1 is 1.24 bits per heavy atom. The fourth-order valence-electron chi connectivity index (χ4n) is 3.15. The first kappa shape index (κ1) is 14.9. The van der Waals surface area contributed by atoms with Crippen LogP contribution in [0.1, 0.15) is 44.1 Å². The molecule has 0 spiro atoms. The molecule has 2 N–H and O–H groups in total. The number of amides is 1. The first-order valence-corrected chi connectivity index (χ1v) is 9.11. The second-order valence-electron chi connectivity index (χ2n) is 6.06. The molecule has 1 saturated heterocycles. The summed E-state index contributed by atoms with van der Waals surface area (Å²) in [6.45, 7) is 0.955. The van der Waals surface area contributed by atoms with Gasteiger partial charge in [-0.25, -0.2) is 0 Å². The maximum Gasteiger partial charge on any atom is 0.241 e. The summed E-state index contributed by atoms with van der Waals surface area (Å²) in [6, 6.07) is 8.29. The molecule has 2 aliphatic rings. The standard InChI is InChI=1S/C17H24N2OS/c20-17(16-9-4-10-18-16)19-14-6-3-5-13(11-14)12-21-15-7-1-2-8-15/h3,5-6,11,15-16,18H,1-2,4,7-10,12H2,(H,19,20). The minimum atomic E-state index is -0.0125. The zero-order valence-corrected chi connectivity index (χ0v) is 13.3. The minimum absolute atomic E-state index is 0.0125. The van der Waals surface area contributed by atoms with E-state index in [1.807, 2.05) is 12.1 Å². The predicted octanol–water partition coefficient (Wildman–Crippen LogP) is 3.55. The van der Waals surface area contributed by atoms with Crippen molar-refractivity contribution in [2.24, 2.45) is 0 Å². The highest BCUT2D eigenvalue weighted by molar-refractivity contribution is 7.99. The molecule has 1 aliphatic carbocycles. The van der Waals surface area contributed by atoms with Crippen LogP contribution in [0.25, 0.3) is 0 Å².